The SMILES string of the molecule is CCOC(=O)C(C)(Cc1ccccc1OCCN1CCCCC1)S(=O)(=O)c1ccoc1C. The van der Waals surface area contributed by atoms with Crippen molar-refractivity contribution >= 4 is 15.8 Å². The highest BCUT2D eigenvalue weighted by atomic mass is 32.2. The number of furan rings is 1. The predicted molar refractivity (Wildman–Crippen MR) is 122 cm³/mol. The maximum atomic E-state index is 13.6. The molecule has 0 bridgehead atoms. The van der Waals surface area contributed by atoms with Gasteiger partial charge in [0.2, 0.25) is 0 Å². The van der Waals surface area contributed by atoms with Crippen molar-refractivity contribution in [2.45, 2.75) is 56.1 Å². The standard InChI is InChI=1S/C24H33NO6S/c1-4-29-23(26)24(3,32(27,28)22-12-16-30-19(22)2)18-20-10-6-7-11-21(20)31-17-15-25-13-8-5-9-14-25/h6-7,10-12,16H,4-5,8-9,13-15,17-18H2,1-3H3. The van der Waals surface area contributed by atoms with Crippen LogP contribution in [0.15, 0.2) is 45.9 Å². The molecule has 2 heterocycles. The van der Waals surface area contributed by atoms with E-state index in [-0.39, 0.29) is 23.7 Å². The highest BCUT2D eigenvalue weighted by Gasteiger charge is 2.50. The fraction of sp³-hybridized carbons (Fsp3) is 0.542. The highest BCUT2D eigenvalue weighted by molar-refractivity contribution is 7.93. The molecule has 2 aromatic rings. The predicted octanol–water partition coefficient (Wildman–Crippen LogP) is 3.79. The Labute approximate surface area is 190 Å². The van der Waals surface area contributed by atoms with Gasteiger partial charge in [0.25, 0.3) is 0 Å². The molecule has 0 saturated carbocycles. The van der Waals surface area contributed by atoms with Crippen molar-refractivity contribution in [2.75, 3.05) is 32.8 Å². The number of para-hydroxylation sites is 1. The molecule has 3 rings (SSSR count). The molecule has 1 aliphatic heterocycles. The number of likely N-dealkylation sites (tertiary alicyclic amines) is 1. The monoisotopic (exact) mass is 463 g/mol. The van der Waals surface area contributed by atoms with Gasteiger partial charge in [0.05, 0.1) is 12.9 Å². The van der Waals surface area contributed by atoms with Crippen molar-refractivity contribution in [3.8, 4) is 5.75 Å². The van der Waals surface area contributed by atoms with Crippen molar-refractivity contribution in [2.24, 2.45) is 0 Å². The number of hydrogen-bond donors (Lipinski definition) is 0. The van der Waals surface area contributed by atoms with E-state index in [2.05, 4.69) is 4.90 Å². The molecule has 1 atom stereocenters. The van der Waals surface area contributed by atoms with Gasteiger partial charge in [-0.25, -0.2) is 8.42 Å². The maximum Gasteiger partial charge on any atom is 0.327 e. The zero-order chi connectivity index (χ0) is 23.2. The average Bonchev–Trinajstić information content (AvgIpc) is 3.22. The van der Waals surface area contributed by atoms with Gasteiger partial charge in [-0.1, -0.05) is 24.6 Å². The molecule has 1 unspecified atom stereocenters. The van der Waals surface area contributed by atoms with Crippen LogP contribution in [0, 0.1) is 6.92 Å². The topological polar surface area (TPSA) is 86.0 Å². The second kappa shape index (κ2) is 10.5. The number of aryl methyl sites for hydroxylation is 1. The largest absolute Gasteiger partial charge is 0.492 e. The summed E-state index contributed by atoms with van der Waals surface area (Å²) in [7, 11) is -4.09. The first kappa shape index (κ1) is 24.3. The van der Waals surface area contributed by atoms with E-state index >= 15 is 0 Å². The number of rotatable bonds is 10. The van der Waals surface area contributed by atoms with Gasteiger partial charge in [-0.3, -0.25) is 9.69 Å². The summed E-state index contributed by atoms with van der Waals surface area (Å²) in [5.74, 6) is 0.0365. The number of esters is 1. The number of hydrogen-bond acceptors (Lipinski definition) is 7. The van der Waals surface area contributed by atoms with E-state index in [1.165, 1.54) is 38.5 Å². The fourth-order valence-corrected chi connectivity index (χ4v) is 5.85. The first-order valence-electron chi connectivity index (χ1n) is 11.2. The van der Waals surface area contributed by atoms with Crippen LogP contribution in [0.4, 0.5) is 0 Å². The van der Waals surface area contributed by atoms with Crippen LogP contribution in [0.5, 0.6) is 5.75 Å². The van der Waals surface area contributed by atoms with E-state index in [0.29, 0.717) is 17.9 Å². The van der Waals surface area contributed by atoms with E-state index in [9.17, 15) is 13.2 Å². The molecule has 1 aromatic carbocycles. The number of benzene rings is 1. The first-order valence-corrected chi connectivity index (χ1v) is 12.7. The summed E-state index contributed by atoms with van der Waals surface area (Å²) in [6.07, 6.45) is 4.93. The molecule has 1 aromatic heterocycles. The van der Waals surface area contributed by atoms with Crippen LogP contribution >= 0.6 is 0 Å². The van der Waals surface area contributed by atoms with Gasteiger partial charge in [-0.05, 0) is 64.4 Å². The molecule has 32 heavy (non-hydrogen) atoms. The molecule has 8 heteroatoms. The Morgan fingerprint density at radius 3 is 2.53 bits per heavy atom. The minimum atomic E-state index is -4.09. The van der Waals surface area contributed by atoms with Crippen molar-refractivity contribution in [1.29, 1.82) is 0 Å². The molecule has 0 spiro atoms. The Morgan fingerprint density at radius 2 is 1.88 bits per heavy atom. The van der Waals surface area contributed by atoms with Crippen molar-refractivity contribution in [3.63, 3.8) is 0 Å². The lowest BCUT2D eigenvalue weighted by Gasteiger charge is -2.28. The maximum absolute atomic E-state index is 13.6. The summed E-state index contributed by atoms with van der Waals surface area (Å²) in [5.41, 5.74) is 0.645. The quantitative estimate of drug-likeness (QED) is 0.496. The minimum Gasteiger partial charge on any atom is -0.492 e. The molecule has 0 radical (unpaired) electrons. The van der Waals surface area contributed by atoms with Crippen molar-refractivity contribution in [1.82, 2.24) is 4.90 Å². The van der Waals surface area contributed by atoms with Gasteiger partial charge < -0.3 is 13.9 Å². The molecular formula is C24H33NO6S. The zero-order valence-corrected chi connectivity index (χ0v) is 19.9. The summed E-state index contributed by atoms with van der Waals surface area (Å²) in [4.78, 5) is 15.3. The summed E-state index contributed by atoms with van der Waals surface area (Å²) < 4.78 is 41.8. The van der Waals surface area contributed by atoms with Crippen LogP contribution in [0.2, 0.25) is 0 Å². The lowest BCUT2D eigenvalue weighted by molar-refractivity contribution is -0.145. The molecule has 176 valence electrons. The van der Waals surface area contributed by atoms with Gasteiger partial charge in [0.1, 0.15) is 23.0 Å². The second-order valence-electron chi connectivity index (χ2n) is 8.33. The van der Waals surface area contributed by atoms with Gasteiger partial charge >= 0.3 is 5.97 Å². The summed E-state index contributed by atoms with van der Waals surface area (Å²) in [5, 5.41) is 0. The van der Waals surface area contributed by atoms with Crippen LogP contribution in [0.3, 0.4) is 0 Å². The Hall–Kier alpha value is -2.32. The number of carbonyl (C=O) groups is 1. The third-order valence-corrected chi connectivity index (χ3v) is 8.52. The molecular weight excluding hydrogens is 430 g/mol. The smallest absolute Gasteiger partial charge is 0.327 e. The molecule has 1 saturated heterocycles. The van der Waals surface area contributed by atoms with E-state index < -0.39 is 20.6 Å². The summed E-state index contributed by atoms with van der Waals surface area (Å²) >= 11 is 0. The van der Waals surface area contributed by atoms with E-state index in [0.717, 1.165) is 19.6 Å². The lowest BCUT2D eigenvalue weighted by atomic mass is 9.99. The average molecular weight is 464 g/mol. The highest BCUT2D eigenvalue weighted by Crippen LogP contribution is 2.35. The number of nitrogens with zero attached hydrogens (tertiary/aromatic N) is 1. The zero-order valence-electron chi connectivity index (χ0n) is 19.1. The molecule has 0 aliphatic carbocycles. The number of carbonyl (C=O) groups excluding carboxylic acids is 1. The van der Waals surface area contributed by atoms with Crippen molar-refractivity contribution in [3.05, 3.63) is 47.9 Å². The van der Waals surface area contributed by atoms with Gasteiger partial charge in [-0.15, -0.1) is 0 Å². The Bertz CT molecular complexity index is 1010. The van der Waals surface area contributed by atoms with E-state index in [1.54, 1.807) is 19.9 Å². The van der Waals surface area contributed by atoms with Gasteiger partial charge in [0, 0.05) is 13.0 Å². The molecule has 0 amide bonds. The molecule has 0 N–H and O–H groups in total. The summed E-state index contributed by atoms with van der Waals surface area (Å²) in [6, 6.07) is 8.64. The number of ether oxygens (including phenoxy) is 2. The lowest BCUT2D eigenvalue weighted by Crippen LogP contribution is -2.47. The second-order valence-corrected chi connectivity index (χ2v) is 10.7. The fourth-order valence-electron chi connectivity index (χ4n) is 4.08. The number of piperidine rings is 1. The molecule has 1 aliphatic rings. The Morgan fingerprint density at radius 1 is 1.16 bits per heavy atom. The molecule has 7 nitrogen and oxygen atoms in total. The minimum absolute atomic E-state index is 0.00319. The van der Waals surface area contributed by atoms with Crippen molar-refractivity contribution < 1.29 is 27.1 Å². The summed E-state index contributed by atoms with van der Waals surface area (Å²) in [6.45, 7) is 8.19. The third kappa shape index (κ3) is 5.18. The van der Waals surface area contributed by atoms with E-state index in [1.807, 2.05) is 18.2 Å². The van der Waals surface area contributed by atoms with Crippen LogP contribution < -0.4 is 4.74 Å². The number of sulfone groups is 1. The van der Waals surface area contributed by atoms with Crippen LogP contribution in [0.1, 0.15) is 44.4 Å². The van der Waals surface area contributed by atoms with Gasteiger partial charge in [0.15, 0.2) is 14.6 Å². The first-order chi connectivity index (χ1) is 15.3. The van der Waals surface area contributed by atoms with Crippen LogP contribution in [-0.2, 0) is 25.8 Å². The van der Waals surface area contributed by atoms with E-state index in [4.69, 9.17) is 13.9 Å². The van der Waals surface area contributed by atoms with Crippen LogP contribution in [0.25, 0.3) is 0 Å². The Kier molecular flexibility index (Phi) is 8.00. The van der Waals surface area contributed by atoms with Gasteiger partial charge in [-0.2, -0.15) is 0 Å². The third-order valence-electron chi connectivity index (χ3n) is 6.02. The van der Waals surface area contributed by atoms with Crippen LogP contribution in [-0.4, -0.2) is 56.9 Å². The molecule has 1 fully saturated rings. The Balaban J connectivity index is 1.85. The normalized spacial score (nSPS) is 17.0.